The van der Waals surface area contributed by atoms with Crippen LogP contribution in [0.3, 0.4) is 0 Å². The Labute approximate surface area is 198 Å². The number of Topliss-reactive ketones (excluding diaryl/α,β-unsaturated/α-hetero) is 1. The van der Waals surface area contributed by atoms with E-state index in [0.29, 0.717) is 65.4 Å². The van der Waals surface area contributed by atoms with Gasteiger partial charge in [0, 0.05) is 39.3 Å². The molecule has 0 aliphatic carbocycles. The van der Waals surface area contributed by atoms with Gasteiger partial charge in [-0.2, -0.15) is 0 Å². The van der Waals surface area contributed by atoms with E-state index in [1.807, 2.05) is 38.1 Å². The van der Waals surface area contributed by atoms with Gasteiger partial charge in [0.25, 0.3) is 0 Å². The topological polar surface area (TPSA) is 113 Å². The molecule has 0 heterocycles. The van der Waals surface area contributed by atoms with Gasteiger partial charge in [0.1, 0.15) is 5.78 Å². The van der Waals surface area contributed by atoms with Crippen LogP contribution >= 0.6 is 0 Å². The minimum absolute atomic E-state index is 0.0435. The van der Waals surface area contributed by atoms with Crippen LogP contribution in [-0.4, -0.2) is 84.4 Å². The maximum Gasteiger partial charge on any atom is 0.307 e. The highest BCUT2D eigenvalue weighted by Gasteiger charge is 2.02. The summed E-state index contributed by atoms with van der Waals surface area (Å²) in [4.78, 5) is 22.1. The van der Waals surface area contributed by atoms with Crippen molar-refractivity contribution in [2.45, 2.75) is 39.7 Å². The molecule has 0 spiro atoms. The number of nitrogens with one attached hydrogen (secondary N) is 1. The van der Waals surface area contributed by atoms with Crippen LogP contribution in [0.2, 0.25) is 0 Å². The van der Waals surface area contributed by atoms with Crippen LogP contribution in [0.5, 0.6) is 0 Å². The first-order chi connectivity index (χ1) is 16.1. The Bertz CT molecular complexity index is 566. The third-order valence-electron chi connectivity index (χ3n) is 3.94. The Balaban J connectivity index is 0. The van der Waals surface area contributed by atoms with Crippen LogP contribution in [0.4, 0.5) is 5.69 Å². The van der Waals surface area contributed by atoms with Gasteiger partial charge in [-0.15, -0.1) is 0 Å². The van der Waals surface area contributed by atoms with Gasteiger partial charge in [0.15, 0.2) is 0 Å². The lowest BCUT2D eigenvalue weighted by molar-refractivity contribution is -0.141. The smallest absolute Gasteiger partial charge is 0.307 e. The molecule has 0 saturated heterocycles. The lowest BCUT2D eigenvalue weighted by Gasteiger charge is -2.07. The number of methoxy groups -OCH3 is 3. The Morgan fingerprint density at radius 3 is 1.82 bits per heavy atom. The maximum absolute atomic E-state index is 11.6. The molecular weight excluding hydrogens is 430 g/mol. The van der Waals surface area contributed by atoms with E-state index >= 15 is 0 Å². The van der Waals surface area contributed by atoms with Crippen LogP contribution in [0.15, 0.2) is 24.3 Å². The minimum Gasteiger partial charge on any atom is -0.469 e. The number of anilines is 1. The minimum atomic E-state index is -0.248. The molecule has 9 heteroatoms. The summed E-state index contributed by atoms with van der Waals surface area (Å²) in [6.45, 7) is 7.66. The molecule has 192 valence electrons. The Hall–Kier alpha value is -2.04. The average Bonchev–Trinajstić information content (AvgIpc) is 2.85. The van der Waals surface area contributed by atoms with Crippen molar-refractivity contribution >= 4 is 17.4 Å². The first-order valence-electron chi connectivity index (χ1n) is 11.2. The van der Waals surface area contributed by atoms with Crippen molar-refractivity contribution in [1.82, 2.24) is 0 Å². The second kappa shape index (κ2) is 26.2. The van der Waals surface area contributed by atoms with Crippen LogP contribution in [0, 0.1) is 0 Å². The molecule has 0 aliphatic heterocycles. The number of ketones is 1. The van der Waals surface area contributed by atoms with Gasteiger partial charge in [-0.1, -0.05) is 26.0 Å². The summed E-state index contributed by atoms with van der Waals surface area (Å²) in [5.41, 5.74) is 1.83. The van der Waals surface area contributed by atoms with E-state index in [9.17, 15) is 9.59 Å². The normalized spacial score (nSPS) is 9.76. The fourth-order valence-electron chi connectivity index (χ4n) is 2.13. The highest BCUT2D eigenvalue weighted by Crippen LogP contribution is 2.09. The number of hydrogen-bond donors (Lipinski definition) is 2. The molecule has 0 bridgehead atoms. The van der Waals surface area contributed by atoms with Crippen LogP contribution in [-0.2, 0) is 39.9 Å². The van der Waals surface area contributed by atoms with Gasteiger partial charge in [-0.25, -0.2) is 0 Å². The van der Waals surface area contributed by atoms with Gasteiger partial charge in [-0.05, 0) is 17.7 Å². The van der Waals surface area contributed by atoms with Crippen molar-refractivity contribution in [3.63, 3.8) is 0 Å². The van der Waals surface area contributed by atoms with Crippen molar-refractivity contribution < 1.29 is 38.4 Å². The van der Waals surface area contributed by atoms with E-state index in [2.05, 4.69) is 10.1 Å². The van der Waals surface area contributed by atoms with E-state index in [-0.39, 0.29) is 18.4 Å². The summed E-state index contributed by atoms with van der Waals surface area (Å²) in [5.74, 6) is -0.0655. The van der Waals surface area contributed by atoms with Crippen molar-refractivity contribution in [1.29, 1.82) is 0 Å². The standard InChI is InChI=1S/C15H23NO4.C7H14O4.C2H6/c1-19-10-11-20-9-7-15(18)6-8-16-14-4-2-13(12-17)3-5-14;1-9-5-6-11-4-3-7(8)10-2;1-2/h2-5,16-17H,6-12H2,1H3;3-6H2,1-2H3;1-2H3. The van der Waals surface area contributed by atoms with Crippen molar-refractivity contribution in [2.75, 3.05) is 72.8 Å². The maximum atomic E-state index is 11.6. The van der Waals surface area contributed by atoms with Gasteiger partial charge in [0.2, 0.25) is 0 Å². The zero-order valence-electron chi connectivity index (χ0n) is 20.9. The number of carbonyl (C=O) groups excluding carboxylic acids is 2. The Morgan fingerprint density at radius 2 is 1.33 bits per heavy atom. The fraction of sp³-hybridized carbons (Fsp3) is 0.667. The molecule has 0 atom stereocenters. The number of aliphatic hydroxyl groups is 1. The first-order valence-corrected chi connectivity index (χ1v) is 11.2. The van der Waals surface area contributed by atoms with Gasteiger partial charge in [-0.3, -0.25) is 9.59 Å². The summed E-state index contributed by atoms with van der Waals surface area (Å²) >= 11 is 0. The highest BCUT2D eigenvalue weighted by atomic mass is 16.5. The number of aliphatic hydroxyl groups excluding tert-OH is 1. The molecule has 0 fully saturated rings. The average molecular weight is 474 g/mol. The van der Waals surface area contributed by atoms with Crippen molar-refractivity contribution in [3.8, 4) is 0 Å². The molecule has 1 aromatic carbocycles. The molecule has 1 rings (SSSR count). The third-order valence-corrected chi connectivity index (χ3v) is 3.94. The first kappa shape index (κ1) is 33.1. The molecule has 0 amide bonds. The van der Waals surface area contributed by atoms with Crippen LogP contribution in [0.1, 0.15) is 38.7 Å². The summed E-state index contributed by atoms with van der Waals surface area (Å²) in [6.07, 6.45) is 1.23. The number of hydrogen-bond acceptors (Lipinski definition) is 9. The predicted molar refractivity (Wildman–Crippen MR) is 128 cm³/mol. The summed E-state index contributed by atoms with van der Waals surface area (Å²) < 4.78 is 24.2. The molecule has 0 aromatic heterocycles. The summed E-state index contributed by atoms with van der Waals surface area (Å²) in [6, 6.07) is 7.50. The Kier molecular flexibility index (Phi) is 26.3. The van der Waals surface area contributed by atoms with Gasteiger partial charge < -0.3 is 34.1 Å². The molecule has 0 aliphatic rings. The third kappa shape index (κ3) is 22.9. The van der Waals surface area contributed by atoms with Crippen LogP contribution < -0.4 is 5.32 Å². The predicted octanol–water partition coefficient (Wildman–Crippen LogP) is 2.84. The van der Waals surface area contributed by atoms with E-state index in [1.165, 1.54) is 7.11 Å². The zero-order chi connectivity index (χ0) is 25.2. The molecule has 0 radical (unpaired) electrons. The van der Waals surface area contributed by atoms with E-state index < -0.39 is 0 Å². The number of ether oxygens (including phenoxy) is 5. The molecule has 1 aromatic rings. The zero-order valence-corrected chi connectivity index (χ0v) is 20.9. The molecule has 0 unspecified atom stereocenters. The molecular formula is C24H43NO8. The number of benzene rings is 1. The van der Waals surface area contributed by atoms with Crippen molar-refractivity contribution in [2.24, 2.45) is 0 Å². The Morgan fingerprint density at radius 1 is 0.788 bits per heavy atom. The number of carbonyl (C=O) groups is 2. The van der Waals surface area contributed by atoms with E-state index in [0.717, 1.165) is 11.3 Å². The van der Waals surface area contributed by atoms with E-state index in [1.54, 1.807) is 14.2 Å². The quantitative estimate of drug-likeness (QED) is 0.260. The SMILES string of the molecule is CC.COCCOCCC(=O)CCNc1ccc(CO)cc1.COCCOCCC(=O)OC. The second-order valence-electron chi connectivity index (χ2n) is 6.36. The monoisotopic (exact) mass is 473 g/mol. The van der Waals surface area contributed by atoms with Crippen LogP contribution in [0.25, 0.3) is 0 Å². The highest BCUT2D eigenvalue weighted by molar-refractivity contribution is 5.79. The molecule has 9 nitrogen and oxygen atoms in total. The van der Waals surface area contributed by atoms with Gasteiger partial charge in [0.05, 0.1) is 59.8 Å². The fourth-order valence-corrected chi connectivity index (χ4v) is 2.13. The summed E-state index contributed by atoms with van der Waals surface area (Å²) in [7, 11) is 4.58. The molecule has 0 saturated carbocycles. The van der Waals surface area contributed by atoms with E-state index in [4.69, 9.17) is 24.1 Å². The molecule has 33 heavy (non-hydrogen) atoms. The number of esters is 1. The molecule has 2 N–H and O–H groups in total. The summed E-state index contributed by atoms with van der Waals surface area (Å²) in [5, 5.41) is 12.1. The van der Waals surface area contributed by atoms with Gasteiger partial charge >= 0.3 is 5.97 Å². The van der Waals surface area contributed by atoms with Crippen molar-refractivity contribution in [3.05, 3.63) is 29.8 Å². The number of rotatable bonds is 17. The lowest BCUT2D eigenvalue weighted by Crippen LogP contribution is -2.12. The largest absolute Gasteiger partial charge is 0.469 e. The second-order valence-corrected chi connectivity index (χ2v) is 6.36. The lowest BCUT2D eigenvalue weighted by atomic mass is 10.2.